The number of nitrogens with one attached hydrogen (secondary N) is 1. The molecule has 3 rings (SSSR count). The van der Waals surface area contributed by atoms with E-state index in [-0.39, 0.29) is 22.6 Å². The van der Waals surface area contributed by atoms with E-state index in [9.17, 15) is 13.2 Å². The molecule has 2 aromatic carbocycles. The van der Waals surface area contributed by atoms with Crippen molar-refractivity contribution in [1.29, 1.82) is 0 Å². The van der Waals surface area contributed by atoms with Gasteiger partial charge in [-0.05, 0) is 43.5 Å². The van der Waals surface area contributed by atoms with Crippen molar-refractivity contribution >= 4 is 15.9 Å². The summed E-state index contributed by atoms with van der Waals surface area (Å²) in [4.78, 5) is 12.6. The fourth-order valence-corrected chi connectivity index (χ4v) is 5.34. The van der Waals surface area contributed by atoms with Crippen LogP contribution >= 0.6 is 0 Å². The minimum absolute atomic E-state index is 0.0381. The van der Waals surface area contributed by atoms with Gasteiger partial charge >= 0.3 is 0 Å². The molecule has 150 valence electrons. The first-order chi connectivity index (χ1) is 13.4. The molecule has 0 spiro atoms. The third-order valence-electron chi connectivity index (χ3n) is 5.05. The number of carbonyl (C=O) groups is 1. The van der Waals surface area contributed by atoms with Crippen molar-refractivity contribution in [1.82, 2.24) is 9.62 Å². The number of benzene rings is 2. The van der Waals surface area contributed by atoms with Gasteiger partial charge < -0.3 is 10.1 Å². The van der Waals surface area contributed by atoms with Crippen molar-refractivity contribution in [3.63, 3.8) is 0 Å². The number of amides is 1. The second kappa shape index (κ2) is 8.75. The van der Waals surface area contributed by atoms with Crippen molar-refractivity contribution in [2.75, 3.05) is 13.7 Å². The quantitative estimate of drug-likeness (QED) is 0.805. The lowest BCUT2D eigenvalue weighted by Crippen LogP contribution is -2.42. The number of rotatable bonds is 6. The van der Waals surface area contributed by atoms with Crippen LogP contribution in [0.1, 0.15) is 42.1 Å². The predicted molar refractivity (Wildman–Crippen MR) is 108 cm³/mol. The van der Waals surface area contributed by atoms with Crippen LogP contribution in [-0.2, 0) is 16.6 Å². The number of carbonyl (C=O) groups excluding carboxylic acids is 1. The summed E-state index contributed by atoms with van der Waals surface area (Å²) in [5.74, 6) is -0.0768. The van der Waals surface area contributed by atoms with Gasteiger partial charge in [-0.3, -0.25) is 4.79 Å². The number of piperidine rings is 1. The zero-order chi connectivity index (χ0) is 20.1. The fraction of sp³-hybridized carbons (Fsp3) is 0.381. The molecule has 1 aliphatic heterocycles. The lowest BCUT2D eigenvalue weighted by molar-refractivity contribution is 0.0950. The van der Waals surface area contributed by atoms with E-state index in [1.54, 1.807) is 12.1 Å². The SMILES string of the molecule is COc1ccc(C(=O)NCc2ccccc2)cc1S(=O)(=O)N1CCCC[C@H]1C. The summed E-state index contributed by atoms with van der Waals surface area (Å²) < 4.78 is 33.3. The summed E-state index contributed by atoms with van der Waals surface area (Å²) in [5.41, 5.74) is 1.26. The molecule has 0 aliphatic carbocycles. The molecule has 1 N–H and O–H groups in total. The van der Waals surface area contributed by atoms with Crippen molar-refractivity contribution in [2.45, 2.75) is 43.7 Å². The number of methoxy groups -OCH3 is 1. The molecule has 1 aliphatic rings. The summed E-state index contributed by atoms with van der Waals surface area (Å²) in [6.07, 6.45) is 2.69. The zero-order valence-corrected chi connectivity index (χ0v) is 17.0. The number of hydrogen-bond donors (Lipinski definition) is 1. The third-order valence-corrected chi connectivity index (χ3v) is 7.09. The van der Waals surface area contributed by atoms with Crippen LogP contribution in [0.25, 0.3) is 0 Å². The first kappa shape index (κ1) is 20.4. The molecule has 7 heteroatoms. The maximum atomic E-state index is 13.2. The van der Waals surface area contributed by atoms with Crippen LogP contribution in [0.4, 0.5) is 0 Å². The van der Waals surface area contributed by atoms with Crippen molar-refractivity contribution in [3.05, 3.63) is 59.7 Å². The highest BCUT2D eigenvalue weighted by atomic mass is 32.2. The van der Waals surface area contributed by atoms with Gasteiger partial charge in [0.1, 0.15) is 10.6 Å². The fourth-order valence-electron chi connectivity index (χ4n) is 3.45. The van der Waals surface area contributed by atoms with Gasteiger partial charge in [-0.1, -0.05) is 36.8 Å². The maximum absolute atomic E-state index is 13.2. The third kappa shape index (κ3) is 4.36. The van der Waals surface area contributed by atoms with Crippen LogP contribution in [0.15, 0.2) is 53.4 Å². The molecule has 1 amide bonds. The number of ether oxygens (including phenoxy) is 1. The van der Waals surface area contributed by atoms with Gasteiger partial charge in [0, 0.05) is 24.7 Å². The molecular formula is C21H26N2O4S. The van der Waals surface area contributed by atoms with Crippen LogP contribution in [0.3, 0.4) is 0 Å². The molecule has 1 atom stereocenters. The molecule has 1 saturated heterocycles. The number of sulfonamides is 1. The average Bonchev–Trinajstić information content (AvgIpc) is 2.72. The minimum Gasteiger partial charge on any atom is -0.495 e. The van der Waals surface area contributed by atoms with E-state index in [4.69, 9.17) is 4.74 Å². The highest BCUT2D eigenvalue weighted by Gasteiger charge is 2.33. The van der Waals surface area contributed by atoms with Crippen molar-refractivity contribution in [2.24, 2.45) is 0 Å². The van der Waals surface area contributed by atoms with E-state index in [1.165, 1.54) is 17.5 Å². The molecule has 0 unspecified atom stereocenters. The summed E-state index contributed by atoms with van der Waals surface area (Å²) in [7, 11) is -2.32. The molecule has 1 heterocycles. The van der Waals surface area contributed by atoms with Crippen LogP contribution in [0, 0.1) is 0 Å². The molecule has 0 saturated carbocycles. The summed E-state index contributed by atoms with van der Waals surface area (Å²) in [6.45, 7) is 2.77. The Morgan fingerprint density at radius 3 is 2.61 bits per heavy atom. The molecule has 0 aromatic heterocycles. The van der Waals surface area contributed by atoms with Gasteiger partial charge in [-0.2, -0.15) is 4.31 Å². The van der Waals surface area contributed by atoms with Gasteiger partial charge in [-0.25, -0.2) is 8.42 Å². The largest absolute Gasteiger partial charge is 0.495 e. The van der Waals surface area contributed by atoms with Gasteiger partial charge in [0.05, 0.1) is 7.11 Å². The molecule has 28 heavy (non-hydrogen) atoms. The van der Waals surface area contributed by atoms with E-state index < -0.39 is 10.0 Å². The highest BCUT2D eigenvalue weighted by molar-refractivity contribution is 7.89. The molecule has 0 bridgehead atoms. The Morgan fingerprint density at radius 2 is 1.93 bits per heavy atom. The van der Waals surface area contributed by atoms with E-state index in [0.29, 0.717) is 18.7 Å². The molecular weight excluding hydrogens is 376 g/mol. The Labute approximate surface area is 166 Å². The van der Waals surface area contributed by atoms with E-state index in [1.807, 2.05) is 37.3 Å². The van der Waals surface area contributed by atoms with Crippen LogP contribution in [0.2, 0.25) is 0 Å². The van der Waals surface area contributed by atoms with E-state index in [0.717, 1.165) is 24.8 Å². The Kier molecular flexibility index (Phi) is 6.36. The molecule has 2 aromatic rings. The summed E-state index contributed by atoms with van der Waals surface area (Å²) >= 11 is 0. The zero-order valence-electron chi connectivity index (χ0n) is 16.2. The van der Waals surface area contributed by atoms with Gasteiger partial charge in [0.25, 0.3) is 5.91 Å². The van der Waals surface area contributed by atoms with Crippen LogP contribution in [0.5, 0.6) is 5.75 Å². The number of hydrogen-bond acceptors (Lipinski definition) is 4. The van der Waals surface area contributed by atoms with E-state index >= 15 is 0 Å². The Bertz CT molecular complexity index is 929. The summed E-state index contributed by atoms with van der Waals surface area (Å²) in [6, 6.07) is 14.0. The van der Waals surface area contributed by atoms with Crippen molar-refractivity contribution in [3.8, 4) is 5.75 Å². The maximum Gasteiger partial charge on any atom is 0.251 e. The van der Waals surface area contributed by atoms with Gasteiger partial charge in [-0.15, -0.1) is 0 Å². The number of nitrogens with zero attached hydrogens (tertiary/aromatic N) is 1. The topological polar surface area (TPSA) is 75.7 Å². The Balaban J connectivity index is 1.86. The van der Waals surface area contributed by atoms with Crippen LogP contribution in [-0.4, -0.2) is 38.3 Å². The molecule has 1 fully saturated rings. The molecule has 6 nitrogen and oxygen atoms in total. The van der Waals surface area contributed by atoms with Gasteiger partial charge in [0.15, 0.2) is 0 Å². The highest BCUT2D eigenvalue weighted by Crippen LogP contribution is 2.31. The predicted octanol–water partition coefficient (Wildman–Crippen LogP) is 3.19. The van der Waals surface area contributed by atoms with E-state index in [2.05, 4.69) is 5.32 Å². The van der Waals surface area contributed by atoms with Crippen molar-refractivity contribution < 1.29 is 17.9 Å². The Hall–Kier alpha value is -2.38. The van der Waals surface area contributed by atoms with Gasteiger partial charge in [0.2, 0.25) is 10.0 Å². The normalized spacial score (nSPS) is 17.9. The molecule has 0 radical (unpaired) electrons. The monoisotopic (exact) mass is 402 g/mol. The lowest BCUT2D eigenvalue weighted by Gasteiger charge is -2.32. The second-order valence-corrected chi connectivity index (χ2v) is 8.85. The minimum atomic E-state index is -3.75. The Morgan fingerprint density at radius 1 is 1.18 bits per heavy atom. The summed E-state index contributed by atoms with van der Waals surface area (Å²) in [5, 5.41) is 2.83. The standard InChI is InChI=1S/C21H26N2O4S/c1-16-8-6-7-13-23(16)28(25,26)20-14-18(11-12-19(20)27-2)21(24)22-15-17-9-4-3-5-10-17/h3-5,9-12,14,16H,6-8,13,15H2,1-2H3,(H,22,24)/t16-/m1/s1. The first-order valence-corrected chi connectivity index (χ1v) is 10.9. The average molecular weight is 403 g/mol. The first-order valence-electron chi connectivity index (χ1n) is 9.45. The second-order valence-electron chi connectivity index (χ2n) is 6.99. The lowest BCUT2D eigenvalue weighted by atomic mass is 10.1. The van der Waals surface area contributed by atoms with Crippen LogP contribution < -0.4 is 10.1 Å². The smallest absolute Gasteiger partial charge is 0.251 e.